The first kappa shape index (κ1) is 16.1. The molecule has 0 saturated carbocycles. The second-order valence-corrected chi connectivity index (χ2v) is 6.12. The Labute approximate surface area is 144 Å². The zero-order chi connectivity index (χ0) is 15.4. The highest BCUT2D eigenvalue weighted by Gasteiger charge is 2.14. The summed E-state index contributed by atoms with van der Waals surface area (Å²) in [6.45, 7) is 0. The lowest BCUT2D eigenvalue weighted by Crippen LogP contribution is -2.17. The minimum absolute atomic E-state index is 0.00858. The van der Waals surface area contributed by atoms with Crippen molar-refractivity contribution < 1.29 is 9.90 Å². The topological polar surface area (TPSA) is 61.7 Å². The molecule has 0 aliphatic heterocycles. The van der Waals surface area contributed by atoms with Gasteiger partial charge in [0.2, 0.25) is 0 Å². The van der Waals surface area contributed by atoms with E-state index in [1.54, 1.807) is 0 Å². The van der Waals surface area contributed by atoms with Crippen LogP contribution in [-0.2, 0) is 0 Å². The first-order chi connectivity index (χ1) is 9.97. The van der Waals surface area contributed by atoms with Crippen molar-refractivity contribution in [3.05, 3.63) is 61.1 Å². The van der Waals surface area contributed by atoms with Gasteiger partial charge in [0.1, 0.15) is 5.75 Å². The Balaban J connectivity index is 2.10. The van der Waals surface area contributed by atoms with Crippen LogP contribution in [0.5, 0.6) is 5.75 Å². The van der Waals surface area contributed by atoms with E-state index in [2.05, 4.69) is 33.1 Å². The lowest BCUT2D eigenvalue weighted by molar-refractivity contribution is 0.0952. The summed E-state index contributed by atoms with van der Waals surface area (Å²) < 4.78 is 1.10. The minimum Gasteiger partial charge on any atom is -0.506 e. The molecular weight excluding hydrogens is 426 g/mol. The van der Waals surface area contributed by atoms with Gasteiger partial charge in [-0.2, -0.15) is 5.10 Å². The van der Waals surface area contributed by atoms with Gasteiger partial charge in [0, 0.05) is 8.59 Å². The number of phenols is 1. The van der Waals surface area contributed by atoms with Crippen LogP contribution in [0.2, 0.25) is 10.0 Å². The van der Waals surface area contributed by atoms with Gasteiger partial charge in [-0.1, -0.05) is 35.3 Å². The van der Waals surface area contributed by atoms with Crippen LogP contribution in [0.1, 0.15) is 15.9 Å². The first-order valence-corrected chi connectivity index (χ1v) is 7.58. The molecule has 2 N–H and O–H groups in total. The number of halogens is 3. The minimum atomic E-state index is -0.598. The molecule has 0 fully saturated rings. The molecule has 0 aliphatic rings. The van der Waals surface area contributed by atoms with Crippen molar-refractivity contribution in [1.82, 2.24) is 5.43 Å². The standard InChI is InChI=1S/C14H9Cl2IN2O2/c15-9-5-11(13(20)12(16)6-9)14(21)19-18-7-8-1-3-10(17)4-2-8/h1-7,20H,(H,19,21)/b18-7+. The molecule has 0 unspecified atom stereocenters. The quantitative estimate of drug-likeness (QED) is 0.434. The number of nitrogens with one attached hydrogen (secondary N) is 1. The van der Waals surface area contributed by atoms with Gasteiger partial charge in [-0.3, -0.25) is 4.79 Å². The third-order valence-corrected chi connectivity index (χ3v) is 3.75. The summed E-state index contributed by atoms with van der Waals surface area (Å²) >= 11 is 13.7. The Bertz CT molecular complexity index is 703. The molecule has 21 heavy (non-hydrogen) atoms. The Kier molecular flexibility index (Phi) is 5.44. The van der Waals surface area contributed by atoms with E-state index in [0.717, 1.165) is 9.13 Å². The number of rotatable bonds is 3. The molecule has 108 valence electrons. The van der Waals surface area contributed by atoms with Gasteiger partial charge in [-0.15, -0.1) is 0 Å². The van der Waals surface area contributed by atoms with Crippen molar-refractivity contribution in [3.63, 3.8) is 0 Å². The van der Waals surface area contributed by atoms with Gasteiger partial charge in [-0.05, 0) is 52.4 Å². The van der Waals surface area contributed by atoms with Crippen molar-refractivity contribution in [2.75, 3.05) is 0 Å². The van der Waals surface area contributed by atoms with Crippen LogP contribution in [0.4, 0.5) is 0 Å². The molecule has 2 aromatic carbocycles. The fourth-order valence-corrected chi connectivity index (χ4v) is 2.37. The third-order valence-electron chi connectivity index (χ3n) is 2.52. The number of aromatic hydroxyl groups is 1. The summed E-state index contributed by atoms with van der Waals surface area (Å²) in [5, 5.41) is 13.8. The fraction of sp³-hybridized carbons (Fsp3) is 0. The Morgan fingerprint density at radius 1 is 1.24 bits per heavy atom. The normalized spacial score (nSPS) is 10.8. The SMILES string of the molecule is O=C(N/N=C/c1ccc(I)cc1)c1cc(Cl)cc(Cl)c1O. The number of benzene rings is 2. The lowest BCUT2D eigenvalue weighted by atomic mass is 10.2. The molecule has 1 amide bonds. The van der Waals surface area contributed by atoms with Crippen LogP contribution in [0, 0.1) is 3.57 Å². The Morgan fingerprint density at radius 2 is 1.90 bits per heavy atom. The third kappa shape index (κ3) is 4.33. The number of nitrogens with zero attached hydrogens (tertiary/aromatic N) is 1. The molecule has 2 aromatic rings. The Morgan fingerprint density at radius 3 is 2.57 bits per heavy atom. The van der Waals surface area contributed by atoms with Crippen molar-refractivity contribution in [2.45, 2.75) is 0 Å². The molecule has 0 saturated heterocycles. The van der Waals surface area contributed by atoms with Crippen molar-refractivity contribution in [3.8, 4) is 5.75 Å². The molecular formula is C14H9Cl2IN2O2. The first-order valence-electron chi connectivity index (χ1n) is 5.74. The molecule has 4 nitrogen and oxygen atoms in total. The molecule has 0 bridgehead atoms. The second-order valence-electron chi connectivity index (χ2n) is 4.03. The van der Waals surface area contributed by atoms with Gasteiger partial charge < -0.3 is 5.11 Å². The van der Waals surface area contributed by atoms with Crippen LogP contribution in [-0.4, -0.2) is 17.2 Å². The molecule has 0 heterocycles. The van der Waals surface area contributed by atoms with Gasteiger partial charge >= 0.3 is 0 Å². The summed E-state index contributed by atoms with van der Waals surface area (Å²) in [5.41, 5.74) is 3.11. The maximum Gasteiger partial charge on any atom is 0.275 e. The van der Waals surface area contributed by atoms with E-state index in [0.29, 0.717) is 0 Å². The van der Waals surface area contributed by atoms with Crippen molar-refractivity contribution in [2.24, 2.45) is 5.10 Å². The largest absolute Gasteiger partial charge is 0.506 e. The molecule has 7 heteroatoms. The highest BCUT2D eigenvalue weighted by Crippen LogP contribution is 2.30. The van der Waals surface area contributed by atoms with Gasteiger partial charge in [0.15, 0.2) is 0 Å². The van der Waals surface area contributed by atoms with E-state index in [1.165, 1.54) is 18.3 Å². The van der Waals surface area contributed by atoms with E-state index in [4.69, 9.17) is 23.2 Å². The summed E-state index contributed by atoms with van der Waals surface area (Å²) in [6, 6.07) is 10.2. The fourth-order valence-electron chi connectivity index (χ4n) is 1.51. The maximum absolute atomic E-state index is 11.9. The van der Waals surface area contributed by atoms with Crippen molar-refractivity contribution >= 4 is 57.9 Å². The molecule has 0 aliphatic carbocycles. The number of hydrogen-bond donors (Lipinski definition) is 2. The average molecular weight is 435 g/mol. The summed E-state index contributed by atoms with van der Waals surface area (Å²) in [7, 11) is 0. The number of hydrogen-bond acceptors (Lipinski definition) is 3. The number of amides is 1. The predicted molar refractivity (Wildman–Crippen MR) is 92.3 cm³/mol. The summed E-state index contributed by atoms with van der Waals surface area (Å²) in [4.78, 5) is 11.9. The monoisotopic (exact) mass is 434 g/mol. The Hall–Kier alpha value is -1.31. The second kappa shape index (κ2) is 7.11. The maximum atomic E-state index is 11.9. The molecule has 2 rings (SSSR count). The number of hydrazone groups is 1. The predicted octanol–water partition coefficient (Wildman–Crippen LogP) is 4.07. The number of carbonyl (C=O) groups is 1. The van der Waals surface area contributed by atoms with E-state index >= 15 is 0 Å². The number of carbonyl (C=O) groups excluding carboxylic acids is 1. The average Bonchev–Trinajstić information content (AvgIpc) is 2.44. The van der Waals surface area contributed by atoms with E-state index < -0.39 is 5.91 Å². The van der Waals surface area contributed by atoms with Crippen LogP contribution >= 0.6 is 45.8 Å². The molecule has 0 atom stereocenters. The van der Waals surface area contributed by atoms with Crippen LogP contribution < -0.4 is 5.43 Å². The smallest absolute Gasteiger partial charge is 0.275 e. The van der Waals surface area contributed by atoms with Crippen molar-refractivity contribution in [1.29, 1.82) is 0 Å². The van der Waals surface area contributed by atoms with E-state index in [-0.39, 0.29) is 21.4 Å². The zero-order valence-corrected chi connectivity index (χ0v) is 14.1. The van der Waals surface area contributed by atoms with E-state index in [9.17, 15) is 9.90 Å². The van der Waals surface area contributed by atoms with Gasteiger partial charge in [-0.25, -0.2) is 5.43 Å². The summed E-state index contributed by atoms with van der Waals surface area (Å²) in [5.74, 6) is -0.929. The molecule has 0 radical (unpaired) electrons. The molecule has 0 spiro atoms. The highest BCUT2D eigenvalue weighted by molar-refractivity contribution is 14.1. The van der Waals surface area contributed by atoms with Crippen LogP contribution in [0.3, 0.4) is 0 Å². The summed E-state index contributed by atoms with van der Waals surface area (Å²) in [6.07, 6.45) is 1.50. The van der Waals surface area contributed by atoms with Crippen LogP contribution in [0.15, 0.2) is 41.5 Å². The van der Waals surface area contributed by atoms with E-state index in [1.807, 2.05) is 24.3 Å². The van der Waals surface area contributed by atoms with Gasteiger partial charge in [0.25, 0.3) is 5.91 Å². The van der Waals surface area contributed by atoms with Crippen LogP contribution in [0.25, 0.3) is 0 Å². The van der Waals surface area contributed by atoms with Gasteiger partial charge in [0.05, 0.1) is 16.8 Å². The number of phenolic OH excluding ortho intramolecular Hbond substituents is 1. The zero-order valence-electron chi connectivity index (χ0n) is 10.5. The highest BCUT2D eigenvalue weighted by atomic mass is 127. The molecule has 0 aromatic heterocycles. The lowest BCUT2D eigenvalue weighted by Gasteiger charge is -2.05.